The van der Waals surface area contributed by atoms with Crippen LogP contribution in [0.4, 0.5) is 5.69 Å². The minimum absolute atomic E-state index is 0.0732. The number of hydrogen-bond donors (Lipinski definition) is 2. The molecule has 166 valence electrons. The predicted molar refractivity (Wildman–Crippen MR) is 116 cm³/mol. The van der Waals surface area contributed by atoms with Gasteiger partial charge in [0.25, 0.3) is 10.0 Å². The van der Waals surface area contributed by atoms with Crippen molar-refractivity contribution in [3.8, 4) is 0 Å². The Morgan fingerprint density at radius 1 is 0.800 bits per heavy atom. The molecule has 0 aliphatic rings. The third-order valence-corrected chi connectivity index (χ3v) is 8.71. The SMILES string of the molecule is Cc1ccc(S(=O)(=O)N(C)c2c(C)ccc(S(=O)(=O)N(CCO)CCO)c2C)cc1. The zero-order valence-corrected chi connectivity index (χ0v) is 19.2. The van der Waals surface area contributed by atoms with E-state index in [-0.39, 0.29) is 34.1 Å². The van der Waals surface area contributed by atoms with Gasteiger partial charge in [0.15, 0.2) is 0 Å². The molecular formula is C20H28N2O6S2. The quantitative estimate of drug-likeness (QED) is 0.590. The lowest BCUT2D eigenvalue weighted by Crippen LogP contribution is -2.36. The number of aryl methyl sites for hydroxylation is 2. The first-order valence-electron chi connectivity index (χ1n) is 9.36. The van der Waals surface area contributed by atoms with Crippen LogP contribution in [0.1, 0.15) is 16.7 Å². The molecule has 0 radical (unpaired) electrons. The maximum atomic E-state index is 13.1. The Bertz CT molecular complexity index is 1090. The van der Waals surface area contributed by atoms with Crippen LogP contribution in [-0.2, 0) is 20.0 Å². The monoisotopic (exact) mass is 456 g/mol. The summed E-state index contributed by atoms with van der Waals surface area (Å²) in [6.07, 6.45) is 0. The second kappa shape index (κ2) is 9.44. The van der Waals surface area contributed by atoms with Crippen molar-refractivity contribution in [1.82, 2.24) is 4.31 Å². The van der Waals surface area contributed by atoms with E-state index in [1.165, 1.54) is 25.2 Å². The summed E-state index contributed by atoms with van der Waals surface area (Å²) in [5, 5.41) is 18.4. The summed E-state index contributed by atoms with van der Waals surface area (Å²) in [7, 11) is -6.58. The van der Waals surface area contributed by atoms with Crippen molar-refractivity contribution < 1.29 is 27.0 Å². The molecule has 0 spiro atoms. The third kappa shape index (κ3) is 4.68. The van der Waals surface area contributed by atoms with Crippen LogP contribution >= 0.6 is 0 Å². The van der Waals surface area contributed by atoms with Gasteiger partial charge in [-0.2, -0.15) is 4.31 Å². The number of sulfonamides is 2. The maximum absolute atomic E-state index is 13.1. The lowest BCUT2D eigenvalue weighted by molar-refractivity contribution is 0.217. The summed E-state index contributed by atoms with van der Waals surface area (Å²) < 4.78 is 54.6. The fraction of sp³-hybridized carbons (Fsp3) is 0.400. The number of anilines is 1. The maximum Gasteiger partial charge on any atom is 0.264 e. The van der Waals surface area contributed by atoms with E-state index in [1.807, 2.05) is 6.92 Å². The Kier molecular flexibility index (Phi) is 7.64. The Balaban J connectivity index is 2.61. The molecule has 0 saturated carbocycles. The first-order valence-corrected chi connectivity index (χ1v) is 12.2. The van der Waals surface area contributed by atoms with Crippen LogP contribution < -0.4 is 4.31 Å². The Morgan fingerprint density at radius 2 is 1.33 bits per heavy atom. The number of aliphatic hydroxyl groups excluding tert-OH is 2. The van der Waals surface area contributed by atoms with Gasteiger partial charge in [0.2, 0.25) is 10.0 Å². The van der Waals surface area contributed by atoms with E-state index in [2.05, 4.69) is 0 Å². The summed E-state index contributed by atoms with van der Waals surface area (Å²) in [4.78, 5) is 0.0285. The molecule has 0 aliphatic heterocycles. The lowest BCUT2D eigenvalue weighted by atomic mass is 10.1. The zero-order valence-electron chi connectivity index (χ0n) is 17.5. The van der Waals surface area contributed by atoms with Crippen LogP contribution in [0.5, 0.6) is 0 Å². The van der Waals surface area contributed by atoms with Crippen LogP contribution in [0.15, 0.2) is 46.2 Å². The average Bonchev–Trinajstić information content (AvgIpc) is 2.67. The molecule has 0 fully saturated rings. The zero-order chi connectivity index (χ0) is 22.7. The molecule has 0 saturated heterocycles. The van der Waals surface area contributed by atoms with Gasteiger partial charge in [-0.25, -0.2) is 16.8 Å². The molecule has 8 nitrogen and oxygen atoms in total. The smallest absolute Gasteiger partial charge is 0.264 e. The van der Waals surface area contributed by atoms with E-state index >= 15 is 0 Å². The van der Waals surface area contributed by atoms with Crippen LogP contribution in [-0.4, -0.2) is 64.7 Å². The minimum Gasteiger partial charge on any atom is -0.395 e. The van der Waals surface area contributed by atoms with Crippen molar-refractivity contribution in [2.45, 2.75) is 30.6 Å². The van der Waals surface area contributed by atoms with Crippen molar-refractivity contribution in [2.75, 3.05) is 37.7 Å². The van der Waals surface area contributed by atoms with Crippen molar-refractivity contribution in [2.24, 2.45) is 0 Å². The number of hydrogen-bond acceptors (Lipinski definition) is 6. The second-order valence-electron chi connectivity index (χ2n) is 6.99. The second-order valence-corrected chi connectivity index (χ2v) is 10.9. The van der Waals surface area contributed by atoms with E-state index in [4.69, 9.17) is 0 Å². The molecule has 10 heteroatoms. The summed E-state index contributed by atoms with van der Waals surface area (Å²) in [6, 6.07) is 9.38. The predicted octanol–water partition coefficient (Wildman–Crippen LogP) is 1.41. The lowest BCUT2D eigenvalue weighted by Gasteiger charge is -2.27. The molecule has 0 unspecified atom stereocenters. The first-order chi connectivity index (χ1) is 14.0. The highest BCUT2D eigenvalue weighted by atomic mass is 32.2. The van der Waals surface area contributed by atoms with Crippen LogP contribution in [0.2, 0.25) is 0 Å². The van der Waals surface area contributed by atoms with Gasteiger partial charge < -0.3 is 10.2 Å². The summed E-state index contributed by atoms with van der Waals surface area (Å²) in [6.45, 7) is 3.95. The molecule has 0 bridgehead atoms. The molecule has 30 heavy (non-hydrogen) atoms. The Morgan fingerprint density at radius 3 is 1.83 bits per heavy atom. The standard InChI is InChI=1S/C20H28N2O6S2/c1-15-5-8-18(9-6-15)29(25,26)21(4)20-16(2)7-10-19(17(20)3)30(27,28)22(11-13-23)12-14-24/h5-10,23-24H,11-14H2,1-4H3. The van der Waals surface area contributed by atoms with Gasteiger partial charge >= 0.3 is 0 Å². The molecule has 0 atom stereocenters. The molecule has 0 amide bonds. The van der Waals surface area contributed by atoms with Gasteiger partial charge in [-0.05, 0) is 50.1 Å². The fourth-order valence-corrected chi connectivity index (χ4v) is 6.25. The number of rotatable bonds is 9. The molecule has 0 aromatic heterocycles. The van der Waals surface area contributed by atoms with E-state index < -0.39 is 33.3 Å². The van der Waals surface area contributed by atoms with E-state index in [0.717, 1.165) is 14.2 Å². The molecule has 2 rings (SSSR count). The summed E-state index contributed by atoms with van der Waals surface area (Å²) >= 11 is 0. The van der Waals surface area contributed by atoms with Gasteiger partial charge in [-0.1, -0.05) is 23.8 Å². The Hall–Kier alpha value is -1.98. The number of benzene rings is 2. The van der Waals surface area contributed by atoms with Crippen LogP contribution in [0.25, 0.3) is 0 Å². The third-order valence-electron chi connectivity index (χ3n) is 4.89. The summed E-state index contributed by atoms with van der Waals surface area (Å²) in [5.74, 6) is 0. The molecule has 2 N–H and O–H groups in total. The van der Waals surface area contributed by atoms with Crippen molar-refractivity contribution in [3.63, 3.8) is 0 Å². The number of aliphatic hydroxyl groups is 2. The fourth-order valence-electron chi connectivity index (χ4n) is 3.28. The molecule has 2 aromatic carbocycles. The molecule has 0 aliphatic carbocycles. The largest absolute Gasteiger partial charge is 0.395 e. The van der Waals surface area contributed by atoms with E-state index in [1.54, 1.807) is 32.0 Å². The van der Waals surface area contributed by atoms with Gasteiger partial charge in [0, 0.05) is 20.1 Å². The van der Waals surface area contributed by atoms with Crippen molar-refractivity contribution in [1.29, 1.82) is 0 Å². The van der Waals surface area contributed by atoms with Gasteiger partial charge in [0.1, 0.15) is 0 Å². The van der Waals surface area contributed by atoms with E-state index in [9.17, 15) is 27.0 Å². The van der Waals surface area contributed by atoms with E-state index in [0.29, 0.717) is 5.56 Å². The van der Waals surface area contributed by atoms with Crippen LogP contribution in [0.3, 0.4) is 0 Å². The molecule has 2 aromatic rings. The highest BCUT2D eigenvalue weighted by Crippen LogP contribution is 2.34. The summed E-state index contributed by atoms with van der Waals surface area (Å²) in [5.41, 5.74) is 2.06. The normalized spacial score (nSPS) is 12.4. The molecular weight excluding hydrogens is 428 g/mol. The van der Waals surface area contributed by atoms with Gasteiger partial charge in [0.05, 0.1) is 28.7 Å². The van der Waals surface area contributed by atoms with Crippen LogP contribution in [0, 0.1) is 20.8 Å². The average molecular weight is 457 g/mol. The van der Waals surface area contributed by atoms with Gasteiger partial charge in [-0.3, -0.25) is 4.31 Å². The Labute approximate surface area is 178 Å². The topological polar surface area (TPSA) is 115 Å². The van der Waals surface area contributed by atoms with Crippen molar-refractivity contribution in [3.05, 3.63) is 53.1 Å². The first kappa shape index (κ1) is 24.3. The van der Waals surface area contributed by atoms with Crippen molar-refractivity contribution >= 4 is 25.7 Å². The highest BCUT2D eigenvalue weighted by Gasteiger charge is 2.30. The van der Waals surface area contributed by atoms with Gasteiger partial charge in [-0.15, -0.1) is 0 Å². The molecule has 0 heterocycles. The minimum atomic E-state index is -4.05. The number of nitrogens with zero attached hydrogens (tertiary/aromatic N) is 2. The highest BCUT2D eigenvalue weighted by molar-refractivity contribution is 7.92.